The Morgan fingerprint density at radius 2 is 2.24 bits per heavy atom. The summed E-state index contributed by atoms with van der Waals surface area (Å²) in [6, 6.07) is 2.22. The normalized spacial score (nSPS) is 18.4. The van der Waals surface area contributed by atoms with Crippen molar-refractivity contribution in [1.29, 1.82) is 0 Å². The second-order valence-corrected chi connectivity index (χ2v) is 6.58. The number of hydrogen-bond acceptors (Lipinski definition) is 3. The van der Waals surface area contributed by atoms with Gasteiger partial charge < -0.3 is 10.2 Å². The summed E-state index contributed by atoms with van der Waals surface area (Å²) in [5, 5.41) is 5.56. The zero-order chi connectivity index (χ0) is 12.3. The average molecular weight is 252 g/mol. The Labute approximate surface area is 109 Å². The van der Waals surface area contributed by atoms with Gasteiger partial charge in [0.25, 0.3) is 0 Å². The van der Waals surface area contributed by atoms with Crippen LogP contribution in [0, 0.1) is 12.3 Å². The van der Waals surface area contributed by atoms with E-state index in [2.05, 4.69) is 42.7 Å². The van der Waals surface area contributed by atoms with Gasteiger partial charge in [0.1, 0.15) is 0 Å². The van der Waals surface area contributed by atoms with Gasteiger partial charge in [-0.1, -0.05) is 6.42 Å². The number of aryl methyl sites for hydroxylation is 1. The predicted octanol–water partition coefficient (Wildman–Crippen LogP) is 2.88. The Morgan fingerprint density at radius 3 is 2.71 bits per heavy atom. The van der Waals surface area contributed by atoms with Crippen LogP contribution in [0.25, 0.3) is 0 Å². The van der Waals surface area contributed by atoms with Crippen LogP contribution in [0.2, 0.25) is 0 Å². The molecule has 17 heavy (non-hydrogen) atoms. The van der Waals surface area contributed by atoms with Crippen molar-refractivity contribution in [2.75, 3.05) is 27.2 Å². The lowest BCUT2D eigenvalue weighted by molar-refractivity contribution is 0.0771. The molecule has 1 aliphatic carbocycles. The Balaban J connectivity index is 1.88. The minimum Gasteiger partial charge on any atom is -0.319 e. The first kappa shape index (κ1) is 13.1. The lowest BCUT2D eigenvalue weighted by Crippen LogP contribution is -2.46. The second-order valence-electron chi connectivity index (χ2n) is 5.58. The molecule has 0 aromatic carbocycles. The van der Waals surface area contributed by atoms with Gasteiger partial charge >= 0.3 is 0 Å². The molecular weight excluding hydrogens is 228 g/mol. The third kappa shape index (κ3) is 3.09. The summed E-state index contributed by atoms with van der Waals surface area (Å²) in [5.74, 6) is 0. The van der Waals surface area contributed by atoms with Crippen molar-refractivity contribution in [2.45, 2.75) is 32.7 Å². The Kier molecular flexibility index (Phi) is 4.23. The van der Waals surface area contributed by atoms with Crippen LogP contribution in [0.5, 0.6) is 0 Å². The van der Waals surface area contributed by atoms with Gasteiger partial charge in [-0.15, -0.1) is 11.3 Å². The SMILES string of the molecule is CNCC1(CN(C)Cc2sccc2C)CCC1. The van der Waals surface area contributed by atoms with Crippen molar-refractivity contribution in [3.8, 4) is 0 Å². The molecule has 1 heterocycles. The highest BCUT2D eigenvalue weighted by Crippen LogP contribution is 2.41. The Hall–Kier alpha value is -0.380. The zero-order valence-corrected chi connectivity index (χ0v) is 12.1. The van der Waals surface area contributed by atoms with Crippen LogP contribution >= 0.6 is 11.3 Å². The smallest absolute Gasteiger partial charge is 0.0327 e. The van der Waals surface area contributed by atoms with E-state index in [0.717, 1.165) is 6.54 Å². The van der Waals surface area contributed by atoms with Gasteiger partial charge in [0, 0.05) is 24.5 Å². The maximum atomic E-state index is 3.36. The van der Waals surface area contributed by atoms with Gasteiger partial charge in [0.05, 0.1) is 0 Å². The Bertz CT molecular complexity index is 355. The predicted molar refractivity (Wildman–Crippen MR) is 75.6 cm³/mol. The van der Waals surface area contributed by atoms with E-state index >= 15 is 0 Å². The molecule has 0 saturated heterocycles. The monoisotopic (exact) mass is 252 g/mol. The third-order valence-electron chi connectivity index (χ3n) is 3.95. The molecule has 0 spiro atoms. The van der Waals surface area contributed by atoms with Crippen LogP contribution < -0.4 is 5.32 Å². The van der Waals surface area contributed by atoms with Crippen molar-refractivity contribution in [3.05, 3.63) is 21.9 Å². The lowest BCUT2D eigenvalue weighted by Gasteiger charge is -2.44. The largest absolute Gasteiger partial charge is 0.319 e. The maximum Gasteiger partial charge on any atom is 0.0327 e. The van der Waals surface area contributed by atoms with E-state index in [9.17, 15) is 0 Å². The highest BCUT2D eigenvalue weighted by Gasteiger charge is 2.37. The quantitative estimate of drug-likeness (QED) is 0.837. The van der Waals surface area contributed by atoms with E-state index in [-0.39, 0.29) is 0 Å². The first-order chi connectivity index (χ1) is 8.15. The fraction of sp³-hybridized carbons (Fsp3) is 0.714. The molecule has 1 N–H and O–H groups in total. The molecule has 1 saturated carbocycles. The first-order valence-corrected chi connectivity index (χ1v) is 7.39. The van der Waals surface area contributed by atoms with E-state index in [1.54, 1.807) is 0 Å². The number of thiophene rings is 1. The molecule has 1 aromatic heterocycles. The van der Waals surface area contributed by atoms with Crippen molar-refractivity contribution >= 4 is 11.3 Å². The van der Waals surface area contributed by atoms with Crippen LogP contribution in [0.15, 0.2) is 11.4 Å². The van der Waals surface area contributed by atoms with E-state index in [1.807, 2.05) is 11.3 Å². The molecule has 1 fully saturated rings. The van der Waals surface area contributed by atoms with E-state index in [4.69, 9.17) is 0 Å². The van der Waals surface area contributed by atoms with Gasteiger partial charge in [-0.05, 0) is 56.3 Å². The van der Waals surface area contributed by atoms with Crippen LogP contribution in [-0.4, -0.2) is 32.1 Å². The molecule has 0 radical (unpaired) electrons. The summed E-state index contributed by atoms with van der Waals surface area (Å²) in [7, 11) is 4.33. The van der Waals surface area contributed by atoms with Crippen molar-refractivity contribution in [2.24, 2.45) is 5.41 Å². The van der Waals surface area contributed by atoms with Crippen LogP contribution in [0.3, 0.4) is 0 Å². The van der Waals surface area contributed by atoms with E-state index in [0.29, 0.717) is 5.41 Å². The number of nitrogens with zero attached hydrogens (tertiary/aromatic N) is 1. The molecule has 3 heteroatoms. The van der Waals surface area contributed by atoms with Crippen molar-refractivity contribution in [1.82, 2.24) is 10.2 Å². The molecule has 2 nitrogen and oxygen atoms in total. The molecule has 2 rings (SSSR count). The van der Waals surface area contributed by atoms with Crippen LogP contribution in [0.1, 0.15) is 29.7 Å². The minimum absolute atomic E-state index is 0.550. The highest BCUT2D eigenvalue weighted by molar-refractivity contribution is 7.10. The fourth-order valence-electron chi connectivity index (χ4n) is 2.88. The molecule has 0 aliphatic heterocycles. The van der Waals surface area contributed by atoms with Crippen LogP contribution in [0.4, 0.5) is 0 Å². The topological polar surface area (TPSA) is 15.3 Å². The molecule has 1 aliphatic rings. The molecule has 0 atom stereocenters. The van der Waals surface area contributed by atoms with Crippen molar-refractivity contribution < 1.29 is 0 Å². The summed E-state index contributed by atoms with van der Waals surface area (Å²) in [6.07, 6.45) is 4.19. The molecule has 1 aromatic rings. The van der Waals surface area contributed by atoms with E-state index in [1.165, 1.54) is 42.8 Å². The minimum atomic E-state index is 0.550. The average Bonchev–Trinajstić information content (AvgIpc) is 2.61. The number of hydrogen-bond donors (Lipinski definition) is 1. The van der Waals surface area contributed by atoms with Crippen molar-refractivity contribution in [3.63, 3.8) is 0 Å². The maximum absolute atomic E-state index is 3.36. The van der Waals surface area contributed by atoms with Gasteiger partial charge in [-0.3, -0.25) is 0 Å². The zero-order valence-electron chi connectivity index (χ0n) is 11.3. The lowest BCUT2D eigenvalue weighted by atomic mass is 9.68. The van der Waals surface area contributed by atoms with Gasteiger partial charge in [0.2, 0.25) is 0 Å². The summed E-state index contributed by atoms with van der Waals surface area (Å²) >= 11 is 1.89. The fourth-order valence-corrected chi connectivity index (χ4v) is 3.87. The van der Waals surface area contributed by atoms with E-state index < -0.39 is 0 Å². The number of nitrogens with one attached hydrogen (secondary N) is 1. The van der Waals surface area contributed by atoms with Gasteiger partial charge in [-0.2, -0.15) is 0 Å². The first-order valence-electron chi connectivity index (χ1n) is 6.51. The summed E-state index contributed by atoms with van der Waals surface area (Å²) in [6.45, 7) is 5.72. The molecule has 0 amide bonds. The summed E-state index contributed by atoms with van der Waals surface area (Å²) in [4.78, 5) is 4.02. The third-order valence-corrected chi connectivity index (χ3v) is 4.96. The van der Waals surface area contributed by atoms with Gasteiger partial charge in [0.15, 0.2) is 0 Å². The van der Waals surface area contributed by atoms with Gasteiger partial charge in [-0.25, -0.2) is 0 Å². The second kappa shape index (κ2) is 5.51. The highest BCUT2D eigenvalue weighted by atomic mass is 32.1. The molecular formula is C14H24N2S. The standard InChI is InChI=1S/C14H24N2S/c1-12-5-8-17-13(12)9-16(3)11-14(10-15-2)6-4-7-14/h5,8,15H,4,6-7,9-11H2,1-3H3. The molecule has 0 unspecified atom stereocenters. The van der Waals surface area contributed by atoms with Crippen LogP contribution in [-0.2, 0) is 6.54 Å². The molecule has 0 bridgehead atoms. The Morgan fingerprint density at radius 1 is 1.47 bits per heavy atom. The molecule has 96 valence electrons. The number of rotatable bonds is 6. The summed E-state index contributed by atoms with van der Waals surface area (Å²) < 4.78 is 0. The summed E-state index contributed by atoms with van der Waals surface area (Å²) in [5.41, 5.74) is 1.99.